The van der Waals surface area contributed by atoms with Crippen LogP contribution >= 0.6 is 0 Å². The van der Waals surface area contributed by atoms with E-state index in [9.17, 15) is 19.2 Å². The van der Waals surface area contributed by atoms with Crippen LogP contribution in [0.25, 0.3) is 0 Å². The number of esters is 3. The molecular formula is C42H56N2O7. The van der Waals surface area contributed by atoms with Crippen molar-refractivity contribution in [2.45, 2.75) is 123 Å². The van der Waals surface area contributed by atoms with Gasteiger partial charge in [-0.1, -0.05) is 97.9 Å². The largest absolute Gasteiger partial charge is 0.460 e. The average Bonchev–Trinajstić information content (AvgIpc) is 3.03. The summed E-state index contributed by atoms with van der Waals surface area (Å²) in [5.41, 5.74) is -0.678. The van der Waals surface area contributed by atoms with Gasteiger partial charge in [0.1, 0.15) is 28.9 Å². The first-order valence-electron chi connectivity index (χ1n) is 17.6. The second kappa shape index (κ2) is 17.1. The molecule has 0 saturated carbocycles. The van der Waals surface area contributed by atoms with Gasteiger partial charge in [0.05, 0.1) is 5.54 Å². The Morgan fingerprint density at radius 3 is 1.31 bits per heavy atom. The molecule has 0 aliphatic heterocycles. The first kappa shape index (κ1) is 40.9. The van der Waals surface area contributed by atoms with Crippen molar-refractivity contribution >= 4 is 23.8 Å². The number of hydrogen-bond donors (Lipinski definition) is 2. The summed E-state index contributed by atoms with van der Waals surface area (Å²) in [7, 11) is 0. The van der Waals surface area contributed by atoms with Crippen LogP contribution in [0.15, 0.2) is 91.0 Å². The second-order valence-corrected chi connectivity index (χ2v) is 15.9. The van der Waals surface area contributed by atoms with Crippen molar-refractivity contribution in [2.24, 2.45) is 5.92 Å². The monoisotopic (exact) mass is 700 g/mol. The lowest BCUT2D eigenvalue weighted by atomic mass is 9.76. The van der Waals surface area contributed by atoms with Gasteiger partial charge < -0.3 is 19.5 Å². The summed E-state index contributed by atoms with van der Waals surface area (Å²) in [6.07, 6.45) is -0.0943. The number of benzene rings is 3. The molecule has 0 aromatic heterocycles. The van der Waals surface area contributed by atoms with Crippen molar-refractivity contribution < 1.29 is 33.4 Å². The maximum Gasteiger partial charge on any atom is 0.329 e. The van der Waals surface area contributed by atoms with Gasteiger partial charge in [0.25, 0.3) is 0 Å². The number of nitrogens with one attached hydrogen (secondary N) is 2. The third-order valence-electron chi connectivity index (χ3n) is 7.80. The van der Waals surface area contributed by atoms with Crippen molar-refractivity contribution in [3.05, 3.63) is 108 Å². The fraction of sp³-hybridized carbons (Fsp3) is 0.476. The predicted octanol–water partition coefficient (Wildman–Crippen LogP) is 7.25. The minimum absolute atomic E-state index is 0.0187. The van der Waals surface area contributed by atoms with Gasteiger partial charge in [-0.25, -0.2) is 4.79 Å². The minimum atomic E-state index is -1.11. The highest BCUT2D eigenvalue weighted by Crippen LogP contribution is 2.38. The van der Waals surface area contributed by atoms with E-state index in [1.807, 2.05) is 91.0 Å². The maximum absolute atomic E-state index is 14.1. The van der Waals surface area contributed by atoms with Gasteiger partial charge in [0.15, 0.2) is 0 Å². The molecule has 3 aromatic carbocycles. The zero-order valence-corrected chi connectivity index (χ0v) is 31.9. The van der Waals surface area contributed by atoms with Gasteiger partial charge in [0.2, 0.25) is 5.91 Å². The normalized spacial score (nSPS) is 14.1. The molecule has 9 heteroatoms. The molecule has 276 valence electrons. The van der Waals surface area contributed by atoms with E-state index in [2.05, 4.69) is 10.6 Å². The smallest absolute Gasteiger partial charge is 0.329 e. The third-order valence-corrected chi connectivity index (χ3v) is 7.80. The zero-order chi connectivity index (χ0) is 38.0. The lowest BCUT2D eigenvalue weighted by Crippen LogP contribution is -2.55. The predicted molar refractivity (Wildman–Crippen MR) is 199 cm³/mol. The topological polar surface area (TPSA) is 120 Å². The molecule has 3 rings (SSSR count). The van der Waals surface area contributed by atoms with Gasteiger partial charge in [-0.3, -0.25) is 19.7 Å². The van der Waals surface area contributed by atoms with Crippen molar-refractivity contribution in [3.8, 4) is 0 Å². The van der Waals surface area contributed by atoms with Crippen LogP contribution < -0.4 is 10.6 Å². The molecule has 0 aliphatic rings. The van der Waals surface area contributed by atoms with E-state index in [-0.39, 0.29) is 19.3 Å². The van der Waals surface area contributed by atoms with Crippen LogP contribution in [-0.2, 0) is 38.9 Å². The first-order valence-corrected chi connectivity index (χ1v) is 17.6. The Balaban J connectivity index is 2.02. The van der Waals surface area contributed by atoms with E-state index in [1.54, 1.807) is 69.2 Å². The summed E-state index contributed by atoms with van der Waals surface area (Å²) in [6, 6.07) is 27.4. The quantitative estimate of drug-likeness (QED) is 0.103. The van der Waals surface area contributed by atoms with Crippen LogP contribution in [0.1, 0.15) is 105 Å². The van der Waals surface area contributed by atoms with Gasteiger partial charge in [-0.05, 0) is 91.8 Å². The molecule has 0 radical (unpaired) electrons. The summed E-state index contributed by atoms with van der Waals surface area (Å²) in [6.45, 7) is 17.6. The highest BCUT2D eigenvalue weighted by molar-refractivity contribution is 5.87. The van der Waals surface area contributed by atoms with Crippen molar-refractivity contribution in [1.82, 2.24) is 10.6 Å². The second-order valence-electron chi connectivity index (χ2n) is 15.9. The molecule has 0 aliphatic carbocycles. The summed E-state index contributed by atoms with van der Waals surface area (Å²) in [5, 5.41) is 6.49. The Bertz CT molecular complexity index is 1490. The van der Waals surface area contributed by atoms with Crippen molar-refractivity contribution in [3.63, 3.8) is 0 Å². The summed E-state index contributed by atoms with van der Waals surface area (Å²) in [5.74, 6) is -2.93. The summed E-state index contributed by atoms with van der Waals surface area (Å²) in [4.78, 5) is 53.9. The van der Waals surface area contributed by atoms with Gasteiger partial charge in [0, 0.05) is 12.3 Å². The number of carbonyl (C=O) groups is 4. The standard InChI is InChI=1S/C42H56N2O7/c1-29(36(46)43-33(37(47)50-40(5,6)7)26-27-35(45)49-39(2,3)4)28-34(38(48)51-41(8,9)10)44-42(30-20-14-11-15-21-30,31-22-16-12-17-23-31)32-24-18-13-19-25-32/h11-25,29,33-34,44H,26-28H2,1-10H3,(H,43,46)/t29-,33-,34-/m0/s1. The molecule has 3 aromatic rings. The van der Waals surface area contributed by atoms with Crippen LogP contribution in [0, 0.1) is 5.92 Å². The van der Waals surface area contributed by atoms with Crippen LogP contribution in [-0.4, -0.2) is 52.7 Å². The van der Waals surface area contributed by atoms with Gasteiger partial charge >= 0.3 is 17.9 Å². The van der Waals surface area contributed by atoms with Crippen LogP contribution in [0.3, 0.4) is 0 Å². The Hall–Kier alpha value is -4.50. The van der Waals surface area contributed by atoms with E-state index in [1.165, 1.54) is 0 Å². The van der Waals surface area contributed by atoms with E-state index in [4.69, 9.17) is 14.2 Å². The fourth-order valence-electron chi connectivity index (χ4n) is 5.71. The molecule has 0 heterocycles. The van der Waals surface area contributed by atoms with E-state index in [0.717, 1.165) is 16.7 Å². The Morgan fingerprint density at radius 2 is 0.941 bits per heavy atom. The van der Waals surface area contributed by atoms with Crippen molar-refractivity contribution in [2.75, 3.05) is 0 Å². The van der Waals surface area contributed by atoms with E-state index in [0.29, 0.717) is 0 Å². The molecule has 0 fully saturated rings. The highest BCUT2D eigenvalue weighted by Gasteiger charge is 2.42. The Kier molecular flexibility index (Phi) is 13.8. The van der Waals surface area contributed by atoms with Gasteiger partial charge in [-0.15, -0.1) is 0 Å². The minimum Gasteiger partial charge on any atom is -0.460 e. The number of hydrogen-bond acceptors (Lipinski definition) is 8. The number of rotatable bonds is 14. The van der Waals surface area contributed by atoms with Gasteiger partial charge in [-0.2, -0.15) is 0 Å². The molecule has 0 saturated heterocycles. The third kappa shape index (κ3) is 12.6. The molecule has 0 bridgehead atoms. The molecular weight excluding hydrogens is 644 g/mol. The first-order chi connectivity index (χ1) is 23.7. The summed E-state index contributed by atoms with van der Waals surface area (Å²) < 4.78 is 17.0. The fourth-order valence-corrected chi connectivity index (χ4v) is 5.71. The number of carbonyl (C=O) groups excluding carboxylic acids is 4. The molecule has 51 heavy (non-hydrogen) atoms. The zero-order valence-electron chi connectivity index (χ0n) is 31.9. The van der Waals surface area contributed by atoms with Crippen LogP contribution in [0.4, 0.5) is 0 Å². The number of amides is 1. The van der Waals surface area contributed by atoms with E-state index >= 15 is 0 Å². The van der Waals surface area contributed by atoms with Crippen LogP contribution in [0.2, 0.25) is 0 Å². The summed E-state index contributed by atoms with van der Waals surface area (Å²) >= 11 is 0. The number of ether oxygens (including phenoxy) is 3. The SMILES string of the molecule is C[C@@H](C[C@H](NC(c1ccccc1)(c1ccccc1)c1ccccc1)C(=O)OC(C)(C)C)C(=O)N[C@@H](CCC(=O)OC(C)(C)C)C(=O)OC(C)(C)C. The maximum atomic E-state index is 14.1. The molecule has 1 amide bonds. The average molecular weight is 701 g/mol. The Labute approximate surface area is 303 Å². The Morgan fingerprint density at radius 1 is 0.569 bits per heavy atom. The molecule has 9 nitrogen and oxygen atoms in total. The van der Waals surface area contributed by atoms with Crippen LogP contribution in [0.5, 0.6) is 0 Å². The molecule has 0 unspecified atom stereocenters. The molecule has 0 spiro atoms. The lowest BCUT2D eigenvalue weighted by molar-refractivity contribution is -0.161. The molecule has 2 N–H and O–H groups in total. The van der Waals surface area contributed by atoms with Crippen molar-refractivity contribution in [1.29, 1.82) is 0 Å². The molecule has 3 atom stereocenters. The highest BCUT2D eigenvalue weighted by atomic mass is 16.6. The van der Waals surface area contributed by atoms with E-state index < -0.39 is 64.2 Å². The lowest BCUT2D eigenvalue weighted by Gasteiger charge is -2.40.